The van der Waals surface area contributed by atoms with Gasteiger partial charge in [-0.15, -0.1) is 0 Å². The van der Waals surface area contributed by atoms with Crippen molar-refractivity contribution >= 4 is 54.1 Å². The lowest BCUT2D eigenvalue weighted by molar-refractivity contribution is 1.08. The molecule has 0 saturated carbocycles. The summed E-state index contributed by atoms with van der Waals surface area (Å²) in [7, 11) is 0. The van der Waals surface area contributed by atoms with Gasteiger partial charge in [-0.2, -0.15) is 0 Å². The molecule has 0 aliphatic rings. The van der Waals surface area contributed by atoms with Crippen molar-refractivity contribution in [1.29, 1.82) is 0 Å². The van der Waals surface area contributed by atoms with Gasteiger partial charge < -0.3 is 4.57 Å². The highest BCUT2D eigenvalue weighted by Crippen LogP contribution is 2.43. The molecule has 0 bridgehead atoms. The molecule has 0 saturated heterocycles. The zero-order valence-corrected chi connectivity index (χ0v) is 29.8. The molecule has 4 nitrogen and oxygen atoms in total. The van der Waals surface area contributed by atoms with E-state index in [9.17, 15) is 0 Å². The van der Waals surface area contributed by atoms with Gasteiger partial charge in [0.1, 0.15) is 0 Å². The van der Waals surface area contributed by atoms with E-state index in [-0.39, 0.29) is 0 Å². The van der Waals surface area contributed by atoms with Crippen LogP contribution in [0.1, 0.15) is 0 Å². The third-order valence-corrected chi connectivity index (χ3v) is 10.8. The number of hydrogen-bond donors (Lipinski definition) is 0. The molecule has 9 aromatic carbocycles. The maximum Gasteiger partial charge on any atom is 0.164 e. The summed E-state index contributed by atoms with van der Waals surface area (Å²) in [4.78, 5) is 15.4. The van der Waals surface area contributed by atoms with Crippen molar-refractivity contribution in [2.24, 2.45) is 0 Å². The molecule has 11 rings (SSSR count). The van der Waals surface area contributed by atoms with Crippen molar-refractivity contribution < 1.29 is 0 Å². The second-order valence-corrected chi connectivity index (χ2v) is 14.0. The monoisotopic (exact) mass is 700 g/mol. The maximum absolute atomic E-state index is 5.18. The molecule has 2 heterocycles. The van der Waals surface area contributed by atoms with Crippen LogP contribution in [0.4, 0.5) is 0 Å². The fraction of sp³-hybridized carbons (Fsp3) is 0. The van der Waals surface area contributed by atoms with Crippen LogP contribution in [0.25, 0.3) is 105 Å². The number of aromatic nitrogens is 4. The molecule has 0 aliphatic carbocycles. The van der Waals surface area contributed by atoms with Gasteiger partial charge in [0.2, 0.25) is 0 Å². The van der Waals surface area contributed by atoms with E-state index in [1.165, 1.54) is 43.4 Å². The molecule has 0 atom stereocenters. The second kappa shape index (κ2) is 12.6. The Balaban J connectivity index is 1.26. The minimum absolute atomic E-state index is 0.633. The molecule has 0 unspecified atom stereocenters. The van der Waals surface area contributed by atoms with Gasteiger partial charge in [-0.3, -0.25) is 0 Å². The van der Waals surface area contributed by atoms with Crippen molar-refractivity contribution in [2.75, 3.05) is 0 Å². The van der Waals surface area contributed by atoms with Crippen molar-refractivity contribution in [3.05, 3.63) is 194 Å². The van der Waals surface area contributed by atoms with Gasteiger partial charge in [-0.1, -0.05) is 158 Å². The maximum atomic E-state index is 5.18. The van der Waals surface area contributed by atoms with Gasteiger partial charge in [0.15, 0.2) is 17.5 Å². The third kappa shape index (κ3) is 5.19. The Kier molecular flexibility index (Phi) is 7.14. The van der Waals surface area contributed by atoms with Crippen LogP contribution >= 0.6 is 0 Å². The summed E-state index contributed by atoms with van der Waals surface area (Å²) < 4.78 is 2.47. The summed E-state index contributed by atoms with van der Waals surface area (Å²) in [5, 5.41) is 9.53. The highest BCUT2D eigenvalue weighted by atomic mass is 15.0. The Morgan fingerprint density at radius 1 is 0.309 bits per heavy atom. The zero-order chi connectivity index (χ0) is 36.3. The SMILES string of the molecule is c1ccc(-c2nc(-c3ccccc3)nc(-c3ccc(-n4c5cc6ccccc6cc5c5cc6ccccc6cc54)c4c(-c5ccccc5)cccc34)n2)cc1. The molecule has 55 heavy (non-hydrogen) atoms. The molecule has 11 aromatic rings. The normalized spacial score (nSPS) is 11.6. The van der Waals surface area contributed by atoms with E-state index in [2.05, 4.69) is 162 Å². The standard InChI is InChI=1S/C51H32N4/c1-4-15-33(16-5-1)40-25-14-26-41-42(51-53-49(34-17-6-2-7-18-34)52-50(54-51)35-19-8-3-9-20-35)27-28-45(48(40)41)55-46-31-38-23-12-10-21-36(38)29-43(46)44-30-37-22-11-13-24-39(37)32-47(44)55/h1-32H. The number of nitrogens with zero attached hydrogens (tertiary/aromatic N) is 4. The Bertz CT molecular complexity index is 3090. The first-order valence-electron chi connectivity index (χ1n) is 18.6. The number of rotatable bonds is 5. The van der Waals surface area contributed by atoms with Crippen LogP contribution in [0.3, 0.4) is 0 Å². The molecular weight excluding hydrogens is 669 g/mol. The summed E-state index contributed by atoms with van der Waals surface area (Å²) in [6.07, 6.45) is 0. The van der Waals surface area contributed by atoms with Gasteiger partial charge in [-0.05, 0) is 74.5 Å². The average molecular weight is 701 g/mol. The Labute approximate surface area is 317 Å². The lowest BCUT2D eigenvalue weighted by Gasteiger charge is -2.18. The van der Waals surface area contributed by atoms with Crippen LogP contribution in [0, 0.1) is 0 Å². The fourth-order valence-electron chi connectivity index (χ4n) is 8.20. The lowest BCUT2D eigenvalue weighted by atomic mass is 9.93. The van der Waals surface area contributed by atoms with Crippen LogP contribution in [0.5, 0.6) is 0 Å². The Morgan fingerprint density at radius 3 is 1.29 bits per heavy atom. The number of hydrogen-bond acceptors (Lipinski definition) is 3. The molecule has 0 amide bonds. The Hall–Kier alpha value is -7.43. The fourth-order valence-corrected chi connectivity index (χ4v) is 8.20. The molecule has 4 heteroatoms. The van der Waals surface area contributed by atoms with Crippen molar-refractivity contribution in [2.45, 2.75) is 0 Å². The van der Waals surface area contributed by atoms with E-state index >= 15 is 0 Å². The highest BCUT2D eigenvalue weighted by Gasteiger charge is 2.21. The van der Waals surface area contributed by atoms with Crippen LogP contribution in [-0.4, -0.2) is 19.5 Å². The van der Waals surface area contributed by atoms with E-state index in [1.807, 2.05) is 36.4 Å². The van der Waals surface area contributed by atoms with Gasteiger partial charge >= 0.3 is 0 Å². The third-order valence-electron chi connectivity index (χ3n) is 10.8. The predicted octanol–water partition coefficient (Wildman–Crippen LogP) is 13.1. The van der Waals surface area contributed by atoms with Crippen LogP contribution in [0.15, 0.2) is 194 Å². The smallest absolute Gasteiger partial charge is 0.164 e. The first-order valence-corrected chi connectivity index (χ1v) is 18.6. The summed E-state index contributed by atoms with van der Waals surface area (Å²) in [5.74, 6) is 1.91. The highest BCUT2D eigenvalue weighted by molar-refractivity contribution is 6.18. The minimum atomic E-state index is 0.633. The van der Waals surface area contributed by atoms with Crippen molar-refractivity contribution in [3.8, 4) is 51.0 Å². The summed E-state index contributed by atoms with van der Waals surface area (Å²) in [5.41, 5.74) is 8.56. The first-order chi connectivity index (χ1) is 27.3. The van der Waals surface area contributed by atoms with E-state index in [1.54, 1.807) is 0 Å². The van der Waals surface area contributed by atoms with Gasteiger partial charge in [-0.25, -0.2) is 15.0 Å². The summed E-state index contributed by atoms with van der Waals surface area (Å²) >= 11 is 0. The van der Waals surface area contributed by atoms with Gasteiger partial charge in [0.05, 0.1) is 16.7 Å². The minimum Gasteiger partial charge on any atom is -0.309 e. The predicted molar refractivity (Wildman–Crippen MR) is 228 cm³/mol. The molecule has 0 N–H and O–H groups in total. The zero-order valence-electron chi connectivity index (χ0n) is 29.8. The lowest BCUT2D eigenvalue weighted by Crippen LogP contribution is -2.02. The van der Waals surface area contributed by atoms with Gasteiger partial charge in [0.25, 0.3) is 0 Å². The van der Waals surface area contributed by atoms with Crippen molar-refractivity contribution in [1.82, 2.24) is 19.5 Å². The van der Waals surface area contributed by atoms with E-state index in [4.69, 9.17) is 15.0 Å². The largest absolute Gasteiger partial charge is 0.309 e. The second-order valence-electron chi connectivity index (χ2n) is 14.0. The van der Waals surface area contributed by atoms with Crippen LogP contribution in [0.2, 0.25) is 0 Å². The average Bonchev–Trinajstić information content (AvgIpc) is 3.56. The summed E-state index contributed by atoms with van der Waals surface area (Å²) in [6, 6.07) is 68.8. The molecule has 0 spiro atoms. The molecular formula is C51H32N4. The quantitative estimate of drug-likeness (QED) is 0.179. The molecule has 0 aliphatic heterocycles. The van der Waals surface area contributed by atoms with Crippen LogP contribution in [-0.2, 0) is 0 Å². The van der Waals surface area contributed by atoms with Gasteiger partial charge in [0, 0.05) is 32.8 Å². The van der Waals surface area contributed by atoms with Crippen molar-refractivity contribution in [3.63, 3.8) is 0 Å². The molecule has 2 aromatic heterocycles. The molecule has 0 radical (unpaired) electrons. The molecule has 256 valence electrons. The number of fused-ring (bicyclic) bond motifs is 6. The molecule has 0 fully saturated rings. The van der Waals surface area contributed by atoms with E-state index in [0.717, 1.165) is 44.3 Å². The topological polar surface area (TPSA) is 43.6 Å². The Morgan fingerprint density at radius 2 is 0.764 bits per heavy atom. The van der Waals surface area contributed by atoms with Crippen LogP contribution < -0.4 is 0 Å². The van der Waals surface area contributed by atoms with E-state index in [0.29, 0.717) is 17.5 Å². The summed E-state index contributed by atoms with van der Waals surface area (Å²) in [6.45, 7) is 0. The first kappa shape index (κ1) is 31.1. The van der Waals surface area contributed by atoms with E-state index < -0.39 is 0 Å². The number of benzene rings is 9.